The van der Waals surface area contributed by atoms with Gasteiger partial charge in [0, 0.05) is 6.42 Å². The second-order valence-electron chi connectivity index (χ2n) is 16.4. The lowest BCUT2D eigenvalue weighted by Crippen LogP contribution is -2.46. The van der Waals surface area contributed by atoms with Gasteiger partial charge in [-0.2, -0.15) is 0 Å². The Morgan fingerprint density at radius 2 is 1.07 bits per heavy atom. The van der Waals surface area contributed by atoms with E-state index in [1.807, 2.05) is 21.1 Å². The van der Waals surface area contributed by atoms with Crippen molar-refractivity contribution in [2.75, 3.05) is 40.9 Å². The zero-order valence-electron chi connectivity index (χ0n) is 35.9. The third-order valence-corrected chi connectivity index (χ3v) is 10.8. The average molecular weight is 783 g/mol. The second-order valence-corrected chi connectivity index (χ2v) is 17.8. The fourth-order valence-corrected chi connectivity index (χ4v) is 7.00. The molecule has 1 amide bonds. The summed E-state index contributed by atoms with van der Waals surface area (Å²) in [7, 11) is 1.30. The van der Waals surface area contributed by atoms with Crippen LogP contribution in [0.3, 0.4) is 0 Å². The number of quaternary nitrogens is 1. The quantitative estimate of drug-likeness (QED) is 0.0277. The van der Waals surface area contributed by atoms with Gasteiger partial charge in [0.1, 0.15) is 13.2 Å². The van der Waals surface area contributed by atoms with Crippen molar-refractivity contribution in [3.8, 4) is 0 Å². The number of carbonyl (C=O) groups excluding carboxylic acids is 1. The predicted octanol–water partition coefficient (Wildman–Crippen LogP) is 11.7. The third kappa shape index (κ3) is 39.0. The Hall–Kier alpha value is -1.28. The lowest BCUT2D eigenvalue weighted by molar-refractivity contribution is -0.870. The summed E-state index contributed by atoms with van der Waals surface area (Å²) in [6.45, 7) is 4.64. The second kappa shape index (κ2) is 37.3. The molecular formula is C45H87N2O6P. The standard InChI is InChI=1S/C45H87N2O6P/c1-6-8-10-12-14-15-16-17-18-19-20-21-22-23-24-25-26-27-28-29-30-31-33-35-37-39-45(49)46-43(44(48)38-36-34-32-13-11-9-7-2)42-53-54(50,51)52-41-40-47(3,4)5/h16-17,19-20,22-23,43-44,48H,6-15,18,21,24-42H2,1-5H3,(H-,46,49,50,51)/b17-16-,20-19-,23-22-. The third-order valence-electron chi connectivity index (χ3n) is 9.88. The Morgan fingerprint density at radius 1 is 0.648 bits per heavy atom. The van der Waals surface area contributed by atoms with Gasteiger partial charge in [-0.1, -0.05) is 172 Å². The molecular weight excluding hydrogens is 695 g/mol. The van der Waals surface area contributed by atoms with E-state index in [1.165, 1.54) is 116 Å². The van der Waals surface area contributed by atoms with E-state index in [4.69, 9.17) is 9.05 Å². The topological polar surface area (TPSA) is 108 Å². The van der Waals surface area contributed by atoms with Crippen LogP contribution in [-0.4, -0.2) is 68.5 Å². The maximum atomic E-state index is 12.8. The average Bonchev–Trinajstić information content (AvgIpc) is 3.12. The van der Waals surface area contributed by atoms with Gasteiger partial charge in [-0.25, -0.2) is 0 Å². The predicted molar refractivity (Wildman–Crippen MR) is 228 cm³/mol. The van der Waals surface area contributed by atoms with Gasteiger partial charge < -0.3 is 28.8 Å². The number of hydrogen-bond donors (Lipinski definition) is 2. The Bertz CT molecular complexity index is 980. The molecule has 9 heteroatoms. The molecule has 0 aromatic carbocycles. The zero-order valence-corrected chi connectivity index (χ0v) is 36.8. The summed E-state index contributed by atoms with van der Waals surface area (Å²) in [5.74, 6) is -0.174. The summed E-state index contributed by atoms with van der Waals surface area (Å²) in [6, 6.07) is -0.799. The maximum Gasteiger partial charge on any atom is 0.268 e. The number of hydrogen-bond acceptors (Lipinski definition) is 6. The van der Waals surface area contributed by atoms with Crippen LogP contribution in [0.25, 0.3) is 0 Å². The summed E-state index contributed by atoms with van der Waals surface area (Å²) in [6.07, 6.45) is 44.6. The van der Waals surface area contributed by atoms with Gasteiger partial charge in [0.2, 0.25) is 5.91 Å². The van der Waals surface area contributed by atoms with E-state index in [9.17, 15) is 19.4 Å². The number of likely N-dealkylation sites (N-methyl/N-ethyl adjacent to an activating group) is 1. The number of unbranched alkanes of at least 4 members (excludes halogenated alkanes) is 21. The van der Waals surface area contributed by atoms with Crippen LogP contribution in [0.4, 0.5) is 0 Å². The van der Waals surface area contributed by atoms with Crippen LogP contribution >= 0.6 is 7.82 Å². The Labute approximate surface area is 334 Å². The number of phosphoric ester groups is 1. The molecule has 3 atom stereocenters. The van der Waals surface area contributed by atoms with Crippen molar-refractivity contribution in [1.82, 2.24) is 5.32 Å². The van der Waals surface area contributed by atoms with Crippen molar-refractivity contribution in [1.29, 1.82) is 0 Å². The summed E-state index contributed by atoms with van der Waals surface area (Å²) in [5.41, 5.74) is 0. The fourth-order valence-electron chi connectivity index (χ4n) is 6.28. The molecule has 8 nitrogen and oxygen atoms in total. The number of rotatable bonds is 40. The van der Waals surface area contributed by atoms with Gasteiger partial charge in [-0.15, -0.1) is 0 Å². The monoisotopic (exact) mass is 783 g/mol. The molecule has 0 saturated carbocycles. The molecule has 0 aromatic rings. The molecule has 54 heavy (non-hydrogen) atoms. The van der Waals surface area contributed by atoms with Gasteiger partial charge >= 0.3 is 0 Å². The van der Waals surface area contributed by atoms with Crippen LogP contribution in [-0.2, 0) is 18.4 Å². The largest absolute Gasteiger partial charge is 0.756 e. The molecule has 3 unspecified atom stereocenters. The summed E-state index contributed by atoms with van der Waals surface area (Å²) in [4.78, 5) is 25.2. The number of nitrogens with zero attached hydrogens (tertiary/aromatic N) is 1. The van der Waals surface area contributed by atoms with Gasteiger partial charge in [-0.05, 0) is 51.4 Å². The highest BCUT2D eigenvalue weighted by Crippen LogP contribution is 2.38. The van der Waals surface area contributed by atoms with Gasteiger partial charge in [-0.3, -0.25) is 9.36 Å². The lowest BCUT2D eigenvalue weighted by atomic mass is 10.0. The Kier molecular flexibility index (Phi) is 36.4. The molecule has 0 heterocycles. The van der Waals surface area contributed by atoms with Crippen LogP contribution in [0, 0.1) is 0 Å². The van der Waals surface area contributed by atoms with Crippen molar-refractivity contribution < 1.29 is 32.9 Å². The SMILES string of the molecule is CCCCCCC/C=C\C/C=C\C/C=C\CCCCCCCCCCCCC(=O)NC(COP(=O)([O-])OCC[N+](C)(C)C)C(O)CCCCCCCCC. The first-order valence-electron chi connectivity index (χ1n) is 22.3. The van der Waals surface area contributed by atoms with Crippen molar-refractivity contribution in [2.24, 2.45) is 0 Å². The van der Waals surface area contributed by atoms with E-state index in [-0.39, 0.29) is 19.1 Å². The first kappa shape index (κ1) is 52.7. The van der Waals surface area contributed by atoms with E-state index in [2.05, 4.69) is 55.6 Å². The van der Waals surface area contributed by atoms with Crippen LogP contribution in [0.2, 0.25) is 0 Å². The molecule has 0 bridgehead atoms. The molecule has 0 aromatic heterocycles. The number of aliphatic hydroxyl groups is 1. The minimum atomic E-state index is -4.55. The molecule has 0 aliphatic heterocycles. The minimum Gasteiger partial charge on any atom is -0.756 e. The molecule has 318 valence electrons. The van der Waals surface area contributed by atoms with E-state index >= 15 is 0 Å². The highest BCUT2D eigenvalue weighted by Gasteiger charge is 2.24. The van der Waals surface area contributed by atoms with Crippen LogP contribution in [0.15, 0.2) is 36.5 Å². The van der Waals surface area contributed by atoms with E-state index < -0.39 is 20.0 Å². The molecule has 0 spiro atoms. The van der Waals surface area contributed by atoms with E-state index in [1.54, 1.807) is 0 Å². The summed E-state index contributed by atoms with van der Waals surface area (Å²) < 4.78 is 23.1. The smallest absolute Gasteiger partial charge is 0.268 e. The molecule has 0 saturated heterocycles. The number of aliphatic hydroxyl groups excluding tert-OH is 1. The van der Waals surface area contributed by atoms with Crippen molar-refractivity contribution in [3.05, 3.63) is 36.5 Å². The number of allylic oxidation sites excluding steroid dienone is 6. The summed E-state index contributed by atoms with van der Waals surface area (Å²) >= 11 is 0. The molecule has 0 aliphatic carbocycles. The number of nitrogens with one attached hydrogen (secondary N) is 1. The molecule has 0 aliphatic rings. The van der Waals surface area contributed by atoms with Crippen LogP contribution < -0.4 is 10.2 Å². The Balaban J connectivity index is 4.11. The lowest BCUT2D eigenvalue weighted by Gasteiger charge is -2.30. The fraction of sp³-hybridized carbons (Fsp3) is 0.844. The summed E-state index contributed by atoms with van der Waals surface area (Å²) in [5, 5.41) is 13.8. The normalized spacial score (nSPS) is 14.7. The highest BCUT2D eigenvalue weighted by molar-refractivity contribution is 7.45. The highest BCUT2D eigenvalue weighted by atomic mass is 31.2. The maximum absolute atomic E-state index is 12.8. The number of carbonyl (C=O) groups is 1. The van der Waals surface area contributed by atoms with E-state index in [0.29, 0.717) is 23.9 Å². The number of phosphoric acid groups is 1. The van der Waals surface area contributed by atoms with Crippen LogP contribution in [0.1, 0.15) is 194 Å². The number of amides is 1. The van der Waals surface area contributed by atoms with Crippen molar-refractivity contribution in [2.45, 2.75) is 206 Å². The first-order chi connectivity index (χ1) is 26.0. The van der Waals surface area contributed by atoms with Gasteiger partial charge in [0.05, 0.1) is 39.9 Å². The zero-order chi connectivity index (χ0) is 40.0. The van der Waals surface area contributed by atoms with Crippen molar-refractivity contribution >= 4 is 13.7 Å². The van der Waals surface area contributed by atoms with Gasteiger partial charge in [0.15, 0.2) is 0 Å². The van der Waals surface area contributed by atoms with E-state index in [0.717, 1.165) is 51.4 Å². The van der Waals surface area contributed by atoms with Gasteiger partial charge in [0.25, 0.3) is 7.82 Å². The molecule has 0 rings (SSSR count). The van der Waals surface area contributed by atoms with Crippen LogP contribution in [0.5, 0.6) is 0 Å². The molecule has 2 N–H and O–H groups in total. The molecule has 0 radical (unpaired) electrons. The molecule has 0 fully saturated rings. The first-order valence-corrected chi connectivity index (χ1v) is 23.8. The Morgan fingerprint density at radius 3 is 1.56 bits per heavy atom. The minimum absolute atomic E-state index is 0.0102. The van der Waals surface area contributed by atoms with Crippen molar-refractivity contribution in [3.63, 3.8) is 0 Å².